The van der Waals surface area contributed by atoms with Gasteiger partial charge >= 0.3 is 0 Å². The highest BCUT2D eigenvalue weighted by molar-refractivity contribution is 5.17. The maximum atomic E-state index is 13.2. The third-order valence-electron chi connectivity index (χ3n) is 3.81. The van der Waals surface area contributed by atoms with E-state index in [9.17, 15) is 8.78 Å². The third kappa shape index (κ3) is 3.68. The summed E-state index contributed by atoms with van der Waals surface area (Å²) < 4.78 is 31.5. The van der Waals surface area contributed by atoms with E-state index in [0.717, 1.165) is 44.0 Å². The zero-order valence-corrected chi connectivity index (χ0v) is 11.8. The zero-order chi connectivity index (χ0) is 14.7. The first-order valence-electron chi connectivity index (χ1n) is 7.12. The largest absolute Gasteiger partial charge is 0.468 e. The molecule has 3 rings (SSSR count). The molecule has 0 radical (unpaired) electrons. The van der Waals surface area contributed by atoms with E-state index in [1.54, 1.807) is 12.3 Å². The van der Waals surface area contributed by atoms with Crippen molar-refractivity contribution < 1.29 is 13.2 Å². The van der Waals surface area contributed by atoms with Gasteiger partial charge < -0.3 is 4.42 Å². The smallest absolute Gasteiger partial charge is 0.159 e. The Morgan fingerprint density at radius 1 is 0.905 bits per heavy atom. The molecule has 1 aromatic carbocycles. The molecule has 0 N–H and O–H groups in total. The van der Waals surface area contributed by atoms with Crippen molar-refractivity contribution in [3.05, 3.63) is 59.6 Å². The maximum absolute atomic E-state index is 13.2. The average Bonchev–Trinajstić information content (AvgIpc) is 2.98. The van der Waals surface area contributed by atoms with E-state index in [1.165, 1.54) is 12.1 Å². The van der Waals surface area contributed by atoms with Crippen molar-refractivity contribution >= 4 is 0 Å². The van der Waals surface area contributed by atoms with Crippen molar-refractivity contribution in [1.29, 1.82) is 0 Å². The van der Waals surface area contributed by atoms with Crippen molar-refractivity contribution in [2.75, 3.05) is 26.2 Å². The van der Waals surface area contributed by atoms with Crippen LogP contribution in [0.4, 0.5) is 8.78 Å². The molecule has 3 nitrogen and oxygen atoms in total. The fourth-order valence-electron chi connectivity index (χ4n) is 2.62. The van der Waals surface area contributed by atoms with E-state index < -0.39 is 11.6 Å². The molecule has 112 valence electrons. The van der Waals surface area contributed by atoms with E-state index in [2.05, 4.69) is 9.80 Å². The van der Waals surface area contributed by atoms with Gasteiger partial charge in [0.1, 0.15) is 5.76 Å². The predicted octanol–water partition coefficient (Wildman–Crippen LogP) is 2.88. The summed E-state index contributed by atoms with van der Waals surface area (Å²) in [4.78, 5) is 4.59. The standard InChI is InChI=1S/C16H18F2N2O/c17-15-4-3-13(10-16(15)18)11-19-5-7-20(8-6-19)12-14-2-1-9-21-14/h1-4,9-10H,5-8,11-12H2. The molecule has 2 aromatic rings. The zero-order valence-electron chi connectivity index (χ0n) is 11.8. The summed E-state index contributed by atoms with van der Waals surface area (Å²) in [5, 5.41) is 0. The number of piperazine rings is 1. The predicted molar refractivity (Wildman–Crippen MR) is 75.6 cm³/mol. The lowest BCUT2D eigenvalue weighted by Gasteiger charge is -2.34. The van der Waals surface area contributed by atoms with Crippen LogP contribution in [-0.4, -0.2) is 36.0 Å². The Hall–Kier alpha value is -1.72. The van der Waals surface area contributed by atoms with Gasteiger partial charge in [-0.1, -0.05) is 6.07 Å². The van der Waals surface area contributed by atoms with Crippen LogP contribution < -0.4 is 0 Å². The van der Waals surface area contributed by atoms with Gasteiger partial charge in [-0.2, -0.15) is 0 Å². The van der Waals surface area contributed by atoms with Gasteiger partial charge in [-0.25, -0.2) is 8.78 Å². The molecule has 21 heavy (non-hydrogen) atoms. The quantitative estimate of drug-likeness (QED) is 0.864. The molecule has 1 fully saturated rings. The summed E-state index contributed by atoms with van der Waals surface area (Å²) in [5.74, 6) is -0.588. The molecule has 2 heterocycles. The number of rotatable bonds is 4. The van der Waals surface area contributed by atoms with Crippen LogP contribution in [0.1, 0.15) is 11.3 Å². The molecule has 0 saturated carbocycles. The highest BCUT2D eigenvalue weighted by Gasteiger charge is 2.18. The first-order chi connectivity index (χ1) is 10.2. The van der Waals surface area contributed by atoms with Crippen molar-refractivity contribution in [1.82, 2.24) is 9.80 Å². The molecule has 1 saturated heterocycles. The minimum atomic E-state index is -0.790. The van der Waals surface area contributed by atoms with Gasteiger partial charge in [0, 0.05) is 32.7 Å². The van der Waals surface area contributed by atoms with Crippen molar-refractivity contribution in [2.45, 2.75) is 13.1 Å². The molecule has 0 amide bonds. The van der Waals surface area contributed by atoms with Gasteiger partial charge in [0.2, 0.25) is 0 Å². The first kappa shape index (κ1) is 14.2. The number of hydrogen-bond donors (Lipinski definition) is 0. The minimum Gasteiger partial charge on any atom is -0.468 e. The Bertz CT molecular complexity index is 578. The second-order valence-electron chi connectivity index (χ2n) is 5.38. The molecular weight excluding hydrogens is 274 g/mol. The van der Waals surface area contributed by atoms with Crippen LogP contribution in [0.5, 0.6) is 0 Å². The molecule has 0 aliphatic carbocycles. The Labute approximate surface area is 122 Å². The molecule has 0 atom stereocenters. The van der Waals surface area contributed by atoms with Gasteiger partial charge in [-0.05, 0) is 29.8 Å². The highest BCUT2D eigenvalue weighted by atomic mass is 19.2. The van der Waals surface area contributed by atoms with Crippen LogP contribution in [-0.2, 0) is 13.1 Å². The number of halogens is 2. The minimum absolute atomic E-state index is 0.659. The molecule has 1 aliphatic heterocycles. The second kappa shape index (κ2) is 6.37. The number of benzene rings is 1. The fraction of sp³-hybridized carbons (Fsp3) is 0.375. The Morgan fingerprint density at radius 3 is 2.24 bits per heavy atom. The summed E-state index contributed by atoms with van der Waals surface area (Å²) in [7, 11) is 0. The van der Waals surface area contributed by atoms with Gasteiger partial charge in [0.15, 0.2) is 11.6 Å². The molecule has 0 bridgehead atoms. The van der Waals surface area contributed by atoms with Gasteiger partial charge in [-0.3, -0.25) is 9.80 Å². The lowest BCUT2D eigenvalue weighted by atomic mass is 10.2. The normalized spacial score (nSPS) is 17.2. The van der Waals surface area contributed by atoms with E-state index in [-0.39, 0.29) is 0 Å². The van der Waals surface area contributed by atoms with Crippen LogP contribution in [0.3, 0.4) is 0 Å². The SMILES string of the molecule is Fc1ccc(CN2CCN(Cc3ccco3)CC2)cc1F. The first-order valence-corrected chi connectivity index (χ1v) is 7.12. The third-order valence-corrected chi connectivity index (χ3v) is 3.81. The van der Waals surface area contributed by atoms with Crippen molar-refractivity contribution in [3.63, 3.8) is 0 Å². The van der Waals surface area contributed by atoms with Crippen LogP contribution in [0, 0.1) is 11.6 Å². The summed E-state index contributed by atoms with van der Waals surface area (Å²) in [6.07, 6.45) is 1.69. The average molecular weight is 292 g/mol. The van der Waals surface area contributed by atoms with Crippen molar-refractivity contribution in [2.24, 2.45) is 0 Å². The molecular formula is C16H18F2N2O. The summed E-state index contributed by atoms with van der Waals surface area (Å²) in [6, 6.07) is 8.00. The molecule has 1 aliphatic rings. The van der Waals surface area contributed by atoms with Crippen molar-refractivity contribution in [3.8, 4) is 0 Å². The van der Waals surface area contributed by atoms with Gasteiger partial charge in [0.25, 0.3) is 0 Å². The fourth-order valence-corrected chi connectivity index (χ4v) is 2.62. The van der Waals surface area contributed by atoms with Crippen LogP contribution in [0.25, 0.3) is 0 Å². The highest BCUT2D eigenvalue weighted by Crippen LogP contribution is 2.14. The molecule has 0 unspecified atom stereocenters. The van der Waals surface area contributed by atoms with Crippen LogP contribution in [0.15, 0.2) is 41.0 Å². The lowest BCUT2D eigenvalue weighted by Crippen LogP contribution is -2.45. The Morgan fingerprint density at radius 2 is 1.62 bits per heavy atom. The van der Waals surface area contributed by atoms with E-state index in [0.29, 0.717) is 6.54 Å². The Balaban J connectivity index is 1.50. The van der Waals surface area contributed by atoms with Gasteiger partial charge in [-0.15, -0.1) is 0 Å². The van der Waals surface area contributed by atoms with Crippen LogP contribution in [0.2, 0.25) is 0 Å². The summed E-state index contributed by atoms with van der Waals surface area (Å²) in [6.45, 7) is 5.21. The molecule has 1 aromatic heterocycles. The number of nitrogens with zero attached hydrogens (tertiary/aromatic N) is 2. The van der Waals surface area contributed by atoms with E-state index in [1.807, 2.05) is 12.1 Å². The Kier molecular flexibility index (Phi) is 4.31. The summed E-state index contributed by atoms with van der Waals surface area (Å²) >= 11 is 0. The van der Waals surface area contributed by atoms with Crippen LogP contribution >= 0.6 is 0 Å². The lowest BCUT2D eigenvalue weighted by molar-refractivity contribution is 0.116. The number of furan rings is 1. The number of hydrogen-bond acceptors (Lipinski definition) is 3. The monoisotopic (exact) mass is 292 g/mol. The van der Waals surface area contributed by atoms with E-state index in [4.69, 9.17) is 4.42 Å². The molecule has 0 spiro atoms. The van der Waals surface area contributed by atoms with Gasteiger partial charge in [0.05, 0.1) is 12.8 Å². The second-order valence-corrected chi connectivity index (χ2v) is 5.38. The van der Waals surface area contributed by atoms with E-state index >= 15 is 0 Å². The topological polar surface area (TPSA) is 19.6 Å². The molecule has 5 heteroatoms. The maximum Gasteiger partial charge on any atom is 0.159 e. The summed E-state index contributed by atoms with van der Waals surface area (Å²) in [5.41, 5.74) is 0.813.